The average molecular weight is 279 g/mol. The minimum atomic E-state index is -0.888. The Morgan fingerprint density at radius 3 is 2.39 bits per heavy atom. The molecule has 0 aromatic heterocycles. The molecule has 0 radical (unpaired) electrons. The highest BCUT2D eigenvalue weighted by atomic mass is 32.2. The third kappa shape index (κ3) is 7.91. The van der Waals surface area contributed by atoms with Crippen LogP contribution in [0.5, 0.6) is 0 Å². The molecule has 0 amide bonds. The number of hydrogen-bond donors (Lipinski definition) is 1. The molecule has 0 rings (SSSR count). The van der Waals surface area contributed by atoms with Crippen molar-refractivity contribution < 1.29 is 28.6 Å². The van der Waals surface area contributed by atoms with Gasteiger partial charge in [-0.15, -0.1) is 0 Å². The van der Waals surface area contributed by atoms with Gasteiger partial charge in [-0.05, 0) is 18.7 Å². The van der Waals surface area contributed by atoms with E-state index in [0.717, 1.165) is 11.8 Å². The molecule has 7 nitrogen and oxygen atoms in total. The molecule has 0 aliphatic rings. The zero-order valence-electron chi connectivity index (χ0n) is 10.3. The van der Waals surface area contributed by atoms with Crippen LogP contribution in [0, 0.1) is 0 Å². The fourth-order valence-electron chi connectivity index (χ4n) is 0.762. The van der Waals surface area contributed by atoms with Crippen LogP contribution in [0.3, 0.4) is 0 Å². The Balaban J connectivity index is 3.70. The van der Waals surface area contributed by atoms with Crippen molar-refractivity contribution in [1.29, 1.82) is 0 Å². The largest absolute Gasteiger partial charge is 0.465 e. The third-order valence-corrected chi connectivity index (χ3v) is 2.53. The first-order valence-corrected chi connectivity index (χ1v) is 6.37. The van der Waals surface area contributed by atoms with E-state index in [9.17, 15) is 14.4 Å². The number of hydrogen-bond acceptors (Lipinski definition) is 8. The molecule has 0 spiro atoms. The van der Waals surface area contributed by atoms with Crippen molar-refractivity contribution in [3.63, 3.8) is 0 Å². The molecule has 2 N–H and O–H groups in total. The molecule has 18 heavy (non-hydrogen) atoms. The number of esters is 2. The highest BCUT2D eigenvalue weighted by Crippen LogP contribution is 2.07. The Morgan fingerprint density at radius 2 is 1.83 bits per heavy atom. The topological polar surface area (TPSA) is 105 Å². The van der Waals surface area contributed by atoms with Gasteiger partial charge in [0.05, 0.1) is 6.61 Å². The number of carbonyl (C=O) groups is 3. The lowest BCUT2D eigenvalue weighted by Crippen LogP contribution is -2.35. The van der Waals surface area contributed by atoms with Crippen LogP contribution in [0.15, 0.2) is 0 Å². The zero-order chi connectivity index (χ0) is 14.0. The quantitative estimate of drug-likeness (QED) is 0.535. The van der Waals surface area contributed by atoms with E-state index in [4.69, 9.17) is 5.73 Å². The van der Waals surface area contributed by atoms with Crippen molar-refractivity contribution in [1.82, 2.24) is 0 Å². The van der Waals surface area contributed by atoms with Gasteiger partial charge in [0.2, 0.25) is 6.79 Å². The van der Waals surface area contributed by atoms with E-state index in [1.807, 2.05) is 0 Å². The molecule has 0 heterocycles. The van der Waals surface area contributed by atoms with E-state index < -0.39 is 30.1 Å². The second kappa shape index (κ2) is 9.72. The molecule has 0 aromatic carbocycles. The normalized spacial score (nSPS) is 11.5. The molecule has 104 valence electrons. The van der Waals surface area contributed by atoms with E-state index in [0.29, 0.717) is 0 Å². The SMILES string of the molecule is CCOC(=O)[C@@H](N)CSC(=O)OCOC(=O)CC. The zero-order valence-corrected chi connectivity index (χ0v) is 11.2. The first-order chi connectivity index (χ1) is 8.51. The number of ether oxygens (including phenoxy) is 3. The highest BCUT2D eigenvalue weighted by Gasteiger charge is 2.17. The van der Waals surface area contributed by atoms with Gasteiger partial charge in [0, 0.05) is 12.2 Å². The van der Waals surface area contributed by atoms with Gasteiger partial charge in [-0.2, -0.15) is 0 Å². The molecule has 0 saturated heterocycles. The minimum absolute atomic E-state index is 0.0411. The van der Waals surface area contributed by atoms with Gasteiger partial charge >= 0.3 is 17.2 Å². The molecule has 0 fully saturated rings. The molecule has 8 heteroatoms. The van der Waals surface area contributed by atoms with Crippen LogP contribution in [0.1, 0.15) is 20.3 Å². The summed E-state index contributed by atoms with van der Waals surface area (Å²) in [6.45, 7) is 3.08. The standard InChI is InChI=1S/C10H17NO6S/c1-3-8(12)16-6-17-10(14)18-5-7(11)9(13)15-4-2/h7H,3-6,11H2,1-2H3/t7-/m0/s1. The van der Waals surface area contributed by atoms with Crippen LogP contribution in [-0.4, -0.2) is 42.4 Å². The molecule has 0 aromatic rings. The smallest absolute Gasteiger partial charge is 0.370 e. The second-order valence-electron chi connectivity index (χ2n) is 3.05. The maximum Gasteiger partial charge on any atom is 0.370 e. The molecule has 0 aliphatic heterocycles. The van der Waals surface area contributed by atoms with Crippen LogP contribution in [0.2, 0.25) is 0 Å². The van der Waals surface area contributed by atoms with Crippen LogP contribution in [0.25, 0.3) is 0 Å². The van der Waals surface area contributed by atoms with Crippen LogP contribution in [0.4, 0.5) is 4.79 Å². The second-order valence-corrected chi connectivity index (χ2v) is 4.01. The maximum absolute atomic E-state index is 11.1. The molecular weight excluding hydrogens is 262 g/mol. The lowest BCUT2D eigenvalue weighted by Gasteiger charge is -2.09. The number of carbonyl (C=O) groups excluding carboxylic acids is 3. The Labute approximate surface area is 109 Å². The highest BCUT2D eigenvalue weighted by molar-refractivity contribution is 8.13. The summed E-state index contributed by atoms with van der Waals surface area (Å²) in [5, 5.41) is -0.668. The monoisotopic (exact) mass is 279 g/mol. The van der Waals surface area contributed by atoms with Gasteiger partial charge in [0.15, 0.2) is 0 Å². The van der Waals surface area contributed by atoms with Crippen LogP contribution in [-0.2, 0) is 23.8 Å². The average Bonchev–Trinajstić information content (AvgIpc) is 2.35. The predicted octanol–water partition coefficient (Wildman–Crippen LogP) is 0.657. The van der Waals surface area contributed by atoms with Gasteiger partial charge in [0.25, 0.3) is 0 Å². The summed E-state index contributed by atoms with van der Waals surface area (Å²) in [6.07, 6.45) is 0.207. The van der Waals surface area contributed by atoms with Crippen molar-refractivity contribution in [3.8, 4) is 0 Å². The summed E-state index contributed by atoms with van der Waals surface area (Å²) in [5.74, 6) is -0.995. The summed E-state index contributed by atoms with van der Waals surface area (Å²) in [6, 6.07) is -0.888. The summed E-state index contributed by atoms with van der Waals surface area (Å²) in [5.41, 5.74) is 5.46. The van der Waals surface area contributed by atoms with Gasteiger partial charge in [-0.25, -0.2) is 4.79 Å². The summed E-state index contributed by atoms with van der Waals surface area (Å²) < 4.78 is 13.8. The van der Waals surface area contributed by atoms with Crippen LogP contribution >= 0.6 is 11.8 Å². The van der Waals surface area contributed by atoms with Crippen molar-refractivity contribution in [2.24, 2.45) is 5.73 Å². The Morgan fingerprint density at radius 1 is 1.17 bits per heavy atom. The first kappa shape index (κ1) is 16.7. The summed E-state index contributed by atoms with van der Waals surface area (Å²) >= 11 is 0.720. The van der Waals surface area contributed by atoms with Crippen molar-refractivity contribution in [2.45, 2.75) is 26.3 Å². The van der Waals surface area contributed by atoms with Crippen LogP contribution < -0.4 is 5.73 Å². The minimum Gasteiger partial charge on any atom is -0.465 e. The Bertz CT molecular complexity index is 296. The third-order valence-electron chi connectivity index (χ3n) is 1.66. The Kier molecular flexibility index (Phi) is 9.03. The predicted molar refractivity (Wildman–Crippen MR) is 64.8 cm³/mol. The molecule has 0 unspecified atom stereocenters. The number of nitrogens with two attached hydrogens (primary N) is 1. The van der Waals surface area contributed by atoms with E-state index in [2.05, 4.69) is 14.2 Å². The molecule has 0 bridgehead atoms. The van der Waals surface area contributed by atoms with E-state index in [1.165, 1.54) is 0 Å². The molecule has 0 aliphatic carbocycles. The fraction of sp³-hybridized carbons (Fsp3) is 0.700. The maximum atomic E-state index is 11.1. The van der Waals surface area contributed by atoms with E-state index in [1.54, 1.807) is 13.8 Å². The summed E-state index contributed by atoms with van der Waals surface area (Å²) in [7, 11) is 0. The Hall–Kier alpha value is -1.28. The molecule has 1 atom stereocenters. The lowest BCUT2D eigenvalue weighted by atomic mass is 10.4. The van der Waals surface area contributed by atoms with Crippen molar-refractivity contribution >= 4 is 29.0 Å². The van der Waals surface area contributed by atoms with E-state index in [-0.39, 0.29) is 18.8 Å². The fourth-order valence-corrected chi connectivity index (χ4v) is 1.35. The van der Waals surface area contributed by atoms with E-state index >= 15 is 0 Å². The van der Waals surface area contributed by atoms with Crippen molar-refractivity contribution in [3.05, 3.63) is 0 Å². The lowest BCUT2D eigenvalue weighted by molar-refractivity contribution is -0.150. The first-order valence-electron chi connectivity index (χ1n) is 5.38. The van der Waals surface area contributed by atoms with Gasteiger partial charge in [-0.1, -0.05) is 6.92 Å². The number of thioether (sulfide) groups is 1. The van der Waals surface area contributed by atoms with Gasteiger partial charge in [-0.3, -0.25) is 9.59 Å². The van der Waals surface area contributed by atoms with Crippen molar-refractivity contribution in [2.75, 3.05) is 19.2 Å². The molecule has 0 saturated carbocycles. The molecular formula is C10H17NO6S. The number of rotatable bonds is 7. The summed E-state index contributed by atoms with van der Waals surface area (Å²) in [4.78, 5) is 33.0. The van der Waals surface area contributed by atoms with Gasteiger partial charge in [0.1, 0.15) is 6.04 Å². The van der Waals surface area contributed by atoms with Gasteiger partial charge < -0.3 is 19.9 Å².